The molecule has 1 aromatic carbocycles. The Balaban J connectivity index is 3.02. The topological polar surface area (TPSA) is 66.6 Å². The van der Waals surface area contributed by atoms with E-state index in [1.807, 2.05) is 13.8 Å². The fourth-order valence-corrected chi connectivity index (χ4v) is 1.76. The number of carbonyl (C=O) groups excluding carboxylic acids is 1. The lowest BCUT2D eigenvalue weighted by atomic mass is 10.1. The Morgan fingerprint density at radius 3 is 2.70 bits per heavy atom. The number of nitrogens with zero attached hydrogens (tertiary/aromatic N) is 1. The maximum absolute atomic E-state index is 13.8. The summed E-state index contributed by atoms with van der Waals surface area (Å²) in [6.45, 7) is 3.91. The first-order valence-electron chi connectivity index (χ1n) is 6.41. The van der Waals surface area contributed by atoms with Crippen molar-refractivity contribution in [1.82, 2.24) is 4.90 Å². The SMILES string of the molecule is CC(C)N(CCO)C(=O)c1ccc(C#CCN)c(F)c1. The second kappa shape index (κ2) is 7.63. The molecule has 0 spiro atoms. The summed E-state index contributed by atoms with van der Waals surface area (Å²) in [7, 11) is 0. The Labute approximate surface area is 118 Å². The van der Waals surface area contributed by atoms with E-state index in [9.17, 15) is 9.18 Å². The summed E-state index contributed by atoms with van der Waals surface area (Å²) in [5, 5.41) is 8.98. The molecule has 0 radical (unpaired) electrons. The van der Waals surface area contributed by atoms with Gasteiger partial charge in [-0.2, -0.15) is 0 Å². The number of aliphatic hydroxyl groups excluding tert-OH is 1. The van der Waals surface area contributed by atoms with E-state index in [-0.39, 0.29) is 42.8 Å². The highest BCUT2D eigenvalue weighted by atomic mass is 19.1. The Hall–Kier alpha value is -1.90. The zero-order valence-electron chi connectivity index (χ0n) is 11.7. The minimum absolute atomic E-state index is 0.0746. The van der Waals surface area contributed by atoms with Crippen molar-refractivity contribution >= 4 is 5.91 Å². The fourth-order valence-electron chi connectivity index (χ4n) is 1.76. The molecule has 0 aliphatic carbocycles. The highest BCUT2D eigenvalue weighted by molar-refractivity contribution is 5.94. The minimum atomic E-state index is -0.551. The molecule has 1 rings (SSSR count). The quantitative estimate of drug-likeness (QED) is 0.807. The van der Waals surface area contributed by atoms with Gasteiger partial charge in [-0.3, -0.25) is 4.79 Å². The van der Waals surface area contributed by atoms with E-state index in [4.69, 9.17) is 10.8 Å². The molecule has 3 N–H and O–H groups in total. The standard InChI is InChI=1S/C15H19FN2O2/c1-11(2)18(8-9-19)15(20)13-6-5-12(4-3-7-17)14(16)10-13/h5-6,10-11,19H,7-9,17H2,1-2H3. The molecule has 108 valence electrons. The summed E-state index contributed by atoms with van der Waals surface area (Å²) in [4.78, 5) is 13.7. The average Bonchev–Trinajstić information content (AvgIpc) is 2.42. The van der Waals surface area contributed by atoms with E-state index in [1.54, 1.807) is 0 Å². The van der Waals surface area contributed by atoms with Gasteiger partial charge in [-0.25, -0.2) is 4.39 Å². The van der Waals surface area contributed by atoms with Crippen molar-refractivity contribution in [3.05, 3.63) is 35.1 Å². The van der Waals surface area contributed by atoms with E-state index in [1.165, 1.54) is 17.0 Å². The summed E-state index contributed by atoms with van der Waals surface area (Å²) in [5.41, 5.74) is 5.68. The molecule has 0 saturated carbocycles. The van der Waals surface area contributed by atoms with Gasteiger partial charge in [0.2, 0.25) is 0 Å². The van der Waals surface area contributed by atoms with Crippen molar-refractivity contribution in [2.45, 2.75) is 19.9 Å². The monoisotopic (exact) mass is 278 g/mol. The number of halogens is 1. The third kappa shape index (κ3) is 4.05. The highest BCUT2D eigenvalue weighted by Crippen LogP contribution is 2.13. The third-order valence-corrected chi connectivity index (χ3v) is 2.77. The molecule has 0 unspecified atom stereocenters. The summed E-state index contributed by atoms with van der Waals surface area (Å²) < 4.78 is 13.8. The molecule has 0 aromatic heterocycles. The van der Waals surface area contributed by atoms with Crippen molar-refractivity contribution in [2.75, 3.05) is 19.7 Å². The number of hydrogen-bond donors (Lipinski definition) is 2. The van der Waals surface area contributed by atoms with Gasteiger partial charge in [0.1, 0.15) is 5.82 Å². The number of amides is 1. The summed E-state index contributed by atoms with van der Waals surface area (Å²) in [6, 6.07) is 4.08. The second-order valence-corrected chi connectivity index (χ2v) is 4.52. The highest BCUT2D eigenvalue weighted by Gasteiger charge is 2.19. The van der Waals surface area contributed by atoms with Gasteiger partial charge in [0.05, 0.1) is 18.7 Å². The minimum Gasteiger partial charge on any atom is -0.395 e. The van der Waals surface area contributed by atoms with E-state index in [0.717, 1.165) is 6.07 Å². The van der Waals surface area contributed by atoms with Gasteiger partial charge in [-0.15, -0.1) is 0 Å². The van der Waals surface area contributed by atoms with Crippen LogP contribution >= 0.6 is 0 Å². The molecule has 0 fully saturated rings. The molecule has 20 heavy (non-hydrogen) atoms. The smallest absolute Gasteiger partial charge is 0.254 e. The van der Waals surface area contributed by atoms with Crippen LogP contribution < -0.4 is 5.73 Å². The van der Waals surface area contributed by atoms with Crippen LogP contribution in [0.2, 0.25) is 0 Å². The summed E-state index contributed by atoms with van der Waals surface area (Å²) >= 11 is 0. The van der Waals surface area contributed by atoms with Crippen LogP contribution in [0.3, 0.4) is 0 Å². The Morgan fingerprint density at radius 2 is 2.20 bits per heavy atom. The van der Waals surface area contributed by atoms with Crippen molar-refractivity contribution < 1.29 is 14.3 Å². The van der Waals surface area contributed by atoms with Crippen LogP contribution in [-0.4, -0.2) is 41.7 Å². The van der Waals surface area contributed by atoms with Crippen LogP contribution in [0, 0.1) is 17.7 Å². The van der Waals surface area contributed by atoms with E-state index in [2.05, 4.69) is 11.8 Å². The molecule has 1 aromatic rings. The molecule has 1 amide bonds. The number of aliphatic hydroxyl groups is 1. The van der Waals surface area contributed by atoms with Crippen LogP contribution in [0.1, 0.15) is 29.8 Å². The Kier molecular flexibility index (Phi) is 6.16. The van der Waals surface area contributed by atoms with Crippen LogP contribution in [0.4, 0.5) is 4.39 Å². The third-order valence-electron chi connectivity index (χ3n) is 2.77. The van der Waals surface area contributed by atoms with Gasteiger partial charge >= 0.3 is 0 Å². The van der Waals surface area contributed by atoms with Gasteiger partial charge in [0.25, 0.3) is 5.91 Å². The molecule has 0 saturated heterocycles. The average molecular weight is 278 g/mol. The molecular formula is C15H19FN2O2. The summed E-state index contributed by atoms with van der Waals surface area (Å²) in [6.07, 6.45) is 0. The van der Waals surface area contributed by atoms with Crippen molar-refractivity contribution in [1.29, 1.82) is 0 Å². The second-order valence-electron chi connectivity index (χ2n) is 4.52. The van der Waals surface area contributed by atoms with Gasteiger partial charge < -0.3 is 15.7 Å². The van der Waals surface area contributed by atoms with Gasteiger partial charge in [-0.05, 0) is 32.0 Å². The maximum Gasteiger partial charge on any atom is 0.254 e. The Morgan fingerprint density at radius 1 is 1.50 bits per heavy atom. The molecule has 4 nitrogen and oxygen atoms in total. The molecular weight excluding hydrogens is 259 g/mol. The maximum atomic E-state index is 13.8. The van der Waals surface area contributed by atoms with Crippen LogP contribution in [0.25, 0.3) is 0 Å². The van der Waals surface area contributed by atoms with E-state index in [0.29, 0.717) is 0 Å². The number of benzene rings is 1. The largest absolute Gasteiger partial charge is 0.395 e. The number of rotatable bonds is 4. The zero-order chi connectivity index (χ0) is 15.1. The van der Waals surface area contributed by atoms with Crippen LogP contribution in [0.15, 0.2) is 18.2 Å². The Bertz CT molecular complexity index is 532. The van der Waals surface area contributed by atoms with Crippen molar-refractivity contribution in [3.63, 3.8) is 0 Å². The lowest BCUT2D eigenvalue weighted by molar-refractivity contribution is 0.0665. The first kappa shape index (κ1) is 16.2. The molecule has 0 heterocycles. The van der Waals surface area contributed by atoms with Crippen molar-refractivity contribution in [2.24, 2.45) is 5.73 Å². The van der Waals surface area contributed by atoms with E-state index < -0.39 is 5.82 Å². The first-order valence-corrected chi connectivity index (χ1v) is 6.41. The molecule has 0 aliphatic heterocycles. The van der Waals surface area contributed by atoms with E-state index >= 15 is 0 Å². The number of carbonyl (C=O) groups is 1. The normalized spacial score (nSPS) is 10.1. The lowest BCUT2D eigenvalue weighted by Gasteiger charge is -2.26. The van der Waals surface area contributed by atoms with Gasteiger partial charge in [0.15, 0.2) is 0 Å². The summed E-state index contributed by atoms with van der Waals surface area (Å²) in [5.74, 6) is 4.30. The molecule has 0 aliphatic rings. The lowest BCUT2D eigenvalue weighted by Crippen LogP contribution is -2.39. The molecule has 0 atom stereocenters. The fraction of sp³-hybridized carbons (Fsp3) is 0.400. The van der Waals surface area contributed by atoms with Gasteiger partial charge in [-0.1, -0.05) is 11.8 Å². The predicted molar refractivity (Wildman–Crippen MR) is 75.6 cm³/mol. The van der Waals surface area contributed by atoms with Crippen molar-refractivity contribution in [3.8, 4) is 11.8 Å². The predicted octanol–water partition coefficient (Wildman–Crippen LogP) is 0.979. The molecule has 0 bridgehead atoms. The van der Waals surface area contributed by atoms with Crippen LogP contribution in [0.5, 0.6) is 0 Å². The zero-order valence-corrected chi connectivity index (χ0v) is 11.7. The first-order chi connectivity index (χ1) is 9.51. The number of nitrogens with two attached hydrogens (primary N) is 1. The van der Waals surface area contributed by atoms with Crippen LogP contribution in [-0.2, 0) is 0 Å². The van der Waals surface area contributed by atoms with Gasteiger partial charge in [0, 0.05) is 18.2 Å². The number of hydrogen-bond acceptors (Lipinski definition) is 3. The molecule has 5 heteroatoms.